The standard InChI is InChI=1S/C12H15BrO4/c13-8-3-1-2-5-9-6-4-7-10(11(9)14)17-12(15)16/h4,6-7,14H,1-3,5,8H2,(H,15,16). The highest BCUT2D eigenvalue weighted by molar-refractivity contribution is 9.09. The zero-order chi connectivity index (χ0) is 12.7. The third-order valence-corrected chi connectivity index (χ3v) is 2.92. The zero-order valence-electron chi connectivity index (χ0n) is 9.36. The number of ether oxygens (including phenoxy) is 1. The highest BCUT2D eigenvalue weighted by atomic mass is 79.9. The minimum Gasteiger partial charge on any atom is -0.504 e. The van der Waals surface area contributed by atoms with Gasteiger partial charge in [0.1, 0.15) is 0 Å². The number of carbonyl (C=O) groups is 1. The number of unbranched alkanes of at least 4 members (excludes halogenated alkanes) is 2. The van der Waals surface area contributed by atoms with Crippen LogP contribution in [-0.4, -0.2) is 21.7 Å². The number of aryl methyl sites for hydroxylation is 1. The molecule has 5 heteroatoms. The molecule has 1 rings (SSSR count). The highest BCUT2D eigenvalue weighted by Gasteiger charge is 2.10. The number of hydrogen-bond donors (Lipinski definition) is 2. The van der Waals surface area contributed by atoms with Gasteiger partial charge in [-0.05, 0) is 30.9 Å². The average Bonchev–Trinajstić information content (AvgIpc) is 2.28. The second kappa shape index (κ2) is 7.17. The van der Waals surface area contributed by atoms with Gasteiger partial charge in [-0.25, -0.2) is 4.79 Å². The summed E-state index contributed by atoms with van der Waals surface area (Å²) in [6, 6.07) is 4.89. The monoisotopic (exact) mass is 302 g/mol. The summed E-state index contributed by atoms with van der Waals surface area (Å²) in [6.07, 6.45) is 2.41. The number of aromatic hydroxyl groups is 1. The summed E-state index contributed by atoms with van der Waals surface area (Å²) in [7, 11) is 0. The van der Waals surface area contributed by atoms with Gasteiger partial charge in [0.15, 0.2) is 11.5 Å². The van der Waals surface area contributed by atoms with E-state index in [9.17, 15) is 9.90 Å². The Morgan fingerprint density at radius 3 is 2.71 bits per heavy atom. The Morgan fingerprint density at radius 1 is 1.29 bits per heavy atom. The number of hydrogen-bond acceptors (Lipinski definition) is 3. The summed E-state index contributed by atoms with van der Waals surface area (Å²) < 4.78 is 4.47. The summed E-state index contributed by atoms with van der Waals surface area (Å²) in [4.78, 5) is 10.4. The van der Waals surface area contributed by atoms with E-state index < -0.39 is 6.16 Å². The van der Waals surface area contributed by atoms with Crippen LogP contribution >= 0.6 is 15.9 Å². The van der Waals surface area contributed by atoms with Crippen LogP contribution in [-0.2, 0) is 6.42 Å². The maximum atomic E-state index is 10.4. The second-order valence-electron chi connectivity index (χ2n) is 3.63. The molecule has 0 aliphatic carbocycles. The SMILES string of the molecule is O=C(O)Oc1cccc(CCCCCBr)c1O. The van der Waals surface area contributed by atoms with E-state index in [1.165, 1.54) is 6.07 Å². The van der Waals surface area contributed by atoms with Crippen LogP contribution in [0.15, 0.2) is 18.2 Å². The average molecular weight is 303 g/mol. The molecule has 1 aromatic carbocycles. The number of phenols is 1. The smallest absolute Gasteiger partial charge is 0.504 e. The highest BCUT2D eigenvalue weighted by Crippen LogP contribution is 2.30. The first-order valence-electron chi connectivity index (χ1n) is 5.42. The first kappa shape index (κ1) is 13.8. The normalized spacial score (nSPS) is 10.2. The Morgan fingerprint density at radius 2 is 2.06 bits per heavy atom. The van der Waals surface area contributed by atoms with Gasteiger partial charge < -0.3 is 14.9 Å². The molecule has 2 N–H and O–H groups in total. The topological polar surface area (TPSA) is 66.8 Å². The van der Waals surface area contributed by atoms with E-state index in [1.54, 1.807) is 12.1 Å². The molecular weight excluding hydrogens is 288 g/mol. The van der Waals surface area contributed by atoms with Gasteiger partial charge in [0, 0.05) is 5.33 Å². The fourth-order valence-electron chi connectivity index (χ4n) is 1.53. The number of carboxylic acid groups (broad SMARTS) is 1. The van der Waals surface area contributed by atoms with Crippen molar-refractivity contribution in [2.45, 2.75) is 25.7 Å². The lowest BCUT2D eigenvalue weighted by atomic mass is 10.1. The van der Waals surface area contributed by atoms with Gasteiger partial charge in [-0.2, -0.15) is 0 Å². The number of phenolic OH excluding ortho intramolecular Hbond substituents is 1. The van der Waals surface area contributed by atoms with Crippen LogP contribution in [0.2, 0.25) is 0 Å². The van der Waals surface area contributed by atoms with Gasteiger partial charge in [0.05, 0.1) is 0 Å². The van der Waals surface area contributed by atoms with Crippen LogP contribution in [0.1, 0.15) is 24.8 Å². The van der Waals surface area contributed by atoms with Gasteiger partial charge in [0.25, 0.3) is 0 Å². The van der Waals surface area contributed by atoms with E-state index in [-0.39, 0.29) is 11.5 Å². The van der Waals surface area contributed by atoms with Gasteiger partial charge in [-0.15, -0.1) is 0 Å². The Bertz CT molecular complexity index is 379. The predicted octanol–water partition coefficient (Wildman–Crippen LogP) is 3.56. The van der Waals surface area contributed by atoms with Crippen LogP contribution in [0.3, 0.4) is 0 Å². The van der Waals surface area contributed by atoms with Gasteiger partial charge in [-0.3, -0.25) is 0 Å². The molecule has 0 aliphatic rings. The van der Waals surface area contributed by atoms with Crippen molar-refractivity contribution in [2.75, 3.05) is 5.33 Å². The molecule has 0 unspecified atom stereocenters. The molecule has 0 radical (unpaired) electrons. The minimum absolute atomic E-state index is 0.00417. The molecule has 0 amide bonds. The molecule has 94 valence electrons. The molecule has 0 saturated heterocycles. The lowest BCUT2D eigenvalue weighted by Gasteiger charge is -2.08. The summed E-state index contributed by atoms with van der Waals surface area (Å²) in [5, 5.41) is 19.3. The molecular formula is C12H15BrO4. The van der Waals surface area contributed by atoms with Crippen molar-refractivity contribution in [3.8, 4) is 11.5 Å². The second-order valence-corrected chi connectivity index (χ2v) is 4.42. The van der Waals surface area contributed by atoms with E-state index in [1.807, 2.05) is 0 Å². The number of rotatable bonds is 6. The van der Waals surface area contributed by atoms with Crippen LogP contribution in [0, 0.1) is 0 Å². The number of halogens is 1. The van der Waals surface area contributed by atoms with E-state index in [2.05, 4.69) is 20.7 Å². The Balaban J connectivity index is 2.63. The van der Waals surface area contributed by atoms with Crippen molar-refractivity contribution in [1.29, 1.82) is 0 Å². The van der Waals surface area contributed by atoms with E-state index in [0.717, 1.165) is 36.6 Å². The number of para-hydroxylation sites is 1. The minimum atomic E-state index is -1.42. The van der Waals surface area contributed by atoms with Crippen molar-refractivity contribution >= 4 is 22.1 Å². The van der Waals surface area contributed by atoms with E-state index >= 15 is 0 Å². The van der Waals surface area contributed by atoms with Crippen LogP contribution in [0.4, 0.5) is 4.79 Å². The molecule has 0 heterocycles. The van der Waals surface area contributed by atoms with Gasteiger partial charge >= 0.3 is 6.16 Å². The zero-order valence-corrected chi connectivity index (χ0v) is 10.9. The molecule has 0 atom stereocenters. The summed E-state index contributed by atoms with van der Waals surface area (Å²) >= 11 is 3.35. The fraction of sp³-hybridized carbons (Fsp3) is 0.417. The van der Waals surface area contributed by atoms with Crippen molar-refractivity contribution in [3.05, 3.63) is 23.8 Å². The Labute approximate surface area is 108 Å². The van der Waals surface area contributed by atoms with Gasteiger partial charge in [-0.1, -0.05) is 34.5 Å². The molecule has 17 heavy (non-hydrogen) atoms. The molecule has 1 aromatic rings. The summed E-state index contributed by atoms with van der Waals surface area (Å²) in [5.41, 5.74) is 0.721. The quantitative estimate of drug-likeness (QED) is 0.365. The molecule has 0 aliphatic heterocycles. The third-order valence-electron chi connectivity index (χ3n) is 2.36. The largest absolute Gasteiger partial charge is 0.511 e. The van der Waals surface area contributed by atoms with E-state index in [4.69, 9.17) is 5.11 Å². The predicted molar refractivity (Wildman–Crippen MR) is 68.1 cm³/mol. The van der Waals surface area contributed by atoms with E-state index in [0.29, 0.717) is 0 Å². The fourth-order valence-corrected chi connectivity index (χ4v) is 1.93. The van der Waals surface area contributed by atoms with Crippen molar-refractivity contribution < 1.29 is 19.7 Å². The third kappa shape index (κ3) is 4.65. The summed E-state index contributed by atoms with van der Waals surface area (Å²) in [5.74, 6) is -0.0794. The molecule has 0 bridgehead atoms. The Kier molecular flexibility index (Phi) is 5.83. The lowest BCUT2D eigenvalue weighted by Crippen LogP contribution is -2.03. The molecule has 0 aromatic heterocycles. The molecule has 4 nitrogen and oxygen atoms in total. The van der Waals surface area contributed by atoms with Gasteiger partial charge in [0.2, 0.25) is 0 Å². The number of benzene rings is 1. The van der Waals surface area contributed by atoms with Crippen LogP contribution < -0.4 is 4.74 Å². The maximum Gasteiger partial charge on any atom is 0.511 e. The number of alkyl halides is 1. The van der Waals surface area contributed by atoms with Crippen molar-refractivity contribution in [3.63, 3.8) is 0 Å². The first-order valence-corrected chi connectivity index (χ1v) is 6.55. The summed E-state index contributed by atoms with van der Waals surface area (Å²) in [6.45, 7) is 0. The maximum absolute atomic E-state index is 10.4. The van der Waals surface area contributed by atoms with Crippen molar-refractivity contribution in [1.82, 2.24) is 0 Å². The first-order chi connectivity index (χ1) is 8.15. The molecule has 0 spiro atoms. The van der Waals surface area contributed by atoms with Crippen LogP contribution in [0.25, 0.3) is 0 Å². The molecule has 0 saturated carbocycles. The van der Waals surface area contributed by atoms with Crippen molar-refractivity contribution in [2.24, 2.45) is 0 Å². The molecule has 0 fully saturated rings. The lowest BCUT2D eigenvalue weighted by molar-refractivity contribution is 0.143. The van der Waals surface area contributed by atoms with Crippen LogP contribution in [0.5, 0.6) is 11.5 Å². The Hall–Kier alpha value is -1.23.